The summed E-state index contributed by atoms with van der Waals surface area (Å²) in [7, 11) is -3.92. The second-order valence-corrected chi connectivity index (χ2v) is 6.21. The maximum atomic E-state index is 13.0. The number of carboxylic acid groups (broad SMARTS) is 1. The van der Waals surface area contributed by atoms with E-state index in [9.17, 15) is 22.7 Å². The molecule has 120 valence electrons. The Morgan fingerprint density at radius 1 is 1.09 bits per heavy atom. The SMILES string of the molecule is O=C([O-])C[NH+]=C(NS(=O)(=O)c1ccccc1)c1ccc(F)cc1. The summed E-state index contributed by atoms with van der Waals surface area (Å²) in [5.41, 5.74) is 0.284. The second-order valence-electron chi connectivity index (χ2n) is 4.53. The van der Waals surface area contributed by atoms with Gasteiger partial charge in [-0.2, -0.15) is 13.1 Å². The van der Waals surface area contributed by atoms with E-state index in [2.05, 4.69) is 9.71 Å². The lowest BCUT2D eigenvalue weighted by atomic mass is 10.2. The van der Waals surface area contributed by atoms with Crippen LogP contribution in [0.25, 0.3) is 0 Å². The van der Waals surface area contributed by atoms with Crippen molar-refractivity contribution in [3.05, 3.63) is 66.0 Å². The zero-order valence-corrected chi connectivity index (χ0v) is 12.6. The van der Waals surface area contributed by atoms with Crippen LogP contribution in [0, 0.1) is 5.82 Å². The molecule has 0 fully saturated rings. The molecule has 0 saturated carbocycles. The molecule has 0 heterocycles. The van der Waals surface area contributed by atoms with Gasteiger partial charge in [-0.05, 0) is 36.4 Å². The molecule has 0 bridgehead atoms. The summed E-state index contributed by atoms with van der Waals surface area (Å²) in [5.74, 6) is -2.00. The quantitative estimate of drug-likeness (QED) is 0.506. The lowest BCUT2D eigenvalue weighted by molar-refractivity contribution is -0.465. The summed E-state index contributed by atoms with van der Waals surface area (Å²) in [4.78, 5) is 13.0. The Hall–Kier alpha value is -2.74. The van der Waals surface area contributed by atoms with E-state index in [-0.39, 0.29) is 16.3 Å². The minimum absolute atomic E-state index is 0.00913. The highest BCUT2D eigenvalue weighted by Crippen LogP contribution is 2.08. The van der Waals surface area contributed by atoms with Crippen LogP contribution >= 0.6 is 0 Å². The van der Waals surface area contributed by atoms with E-state index in [1.54, 1.807) is 18.2 Å². The Morgan fingerprint density at radius 3 is 2.26 bits per heavy atom. The maximum Gasteiger partial charge on any atom is 0.328 e. The fourth-order valence-electron chi connectivity index (χ4n) is 1.77. The van der Waals surface area contributed by atoms with Gasteiger partial charge in [0.05, 0.1) is 11.5 Å². The summed E-state index contributed by atoms with van der Waals surface area (Å²) in [6.07, 6.45) is 0. The number of rotatable bonds is 5. The molecule has 2 aromatic rings. The highest BCUT2D eigenvalue weighted by molar-refractivity contribution is 7.90. The second kappa shape index (κ2) is 7.01. The Labute approximate surface area is 132 Å². The predicted molar refractivity (Wildman–Crippen MR) is 78.1 cm³/mol. The van der Waals surface area contributed by atoms with Gasteiger partial charge in [-0.3, -0.25) is 4.99 Å². The first-order valence-electron chi connectivity index (χ1n) is 6.53. The van der Waals surface area contributed by atoms with Crippen molar-refractivity contribution >= 4 is 21.8 Å². The topological polar surface area (TPSA) is 100 Å². The van der Waals surface area contributed by atoms with E-state index < -0.39 is 28.4 Å². The highest BCUT2D eigenvalue weighted by atomic mass is 32.2. The summed E-state index contributed by atoms with van der Waals surface area (Å²) < 4.78 is 39.9. The molecular weight excluding hydrogens is 323 g/mol. The van der Waals surface area contributed by atoms with Gasteiger partial charge in [0, 0.05) is 0 Å². The molecule has 23 heavy (non-hydrogen) atoms. The number of carbonyl (C=O) groups excluding carboxylic acids is 1. The van der Waals surface area contributed by atoms with Gasteiger partial charge >= 0.3 is 10.0 Å². The first-order valence-corrected chi connectivity index (χ1v) is 8.01. The maximum absolute atomic E-state index is 13.0. The van der Waals surface area contributed by atoms with E-state index >= 15 is 0 Å². The molecule has 6 nitrogen and oxygen atoms in total. The van der Waals surface area contributed by atoms with Crippen molar-refractivity contribution in [2.24, 2.45) is 0 Å². The molecular formula is C15H13FN2O4S. The molecule has 0 aromatic heterocycles. The van der Waals surface area contributed by atoms with Crippen LogP contribution < -0.4 is 14.8 Å². The number of nitrogens with one attached hydrogen (secondary N) is 2. The lowest BCUT2D eigenvalue weighted by Gasteiger charge is -2.06. The molecule has 0 spiro atoms. The third kappa shape index (κ3) is 4.62. The van der Waals surface area contributed by atoms with Gasteiger partial charge in [0.2, 0.25) is 0 Å². The van der Waals surface area contributed by atoms with Crippen LogP contribution in [0.1, 0.15) is 5.56 Å². The van der Waals surface area contributed by atoms with E-state index in [0.717, 1.165) is 12.1 Å². The molecule has 0 amide bonds. The van der Waals surface area contributed by atoms with Gasteiger partial charge in [-0.25, -0.2) is 4.39 Å². The first kappa shape index (κ1) is 16.6. The van der Waals surface area contributed by atoms with Crippen molar-refractivity contribution in [2.45, 2.75) is 4.90 Å². The average Bonchev–Trinajstić information content (AvgIpc) is 2.53. The fourth-order valence-corrected chi connectivity index (χ4v) is 2.86. The number of halogens is 1. The van der Waals surface area contributed by atoms with Crippen LogP contribution in [0.3, 0.4) is 0 Å². The molecule has 8 heteroatoms. The number of hydrogen-bond donors (Lipinski definition) is 2. The van der Waals surface area contributed by atoms with E-state index in [4.69, 9.17) is 0 Å². The van der Waals surface area contributed by atoms with Gasteiger partial charge in [0.1, 0.15) is 17.3 Å². The van der Waals surface area contributed by atoms with Crippen LogP contribution in [0.4, 0.5) is 4.39 Å². The molecule has 0 radical (unpaired) electrons. The third-order valence-corrected chi connectivity index (χ3v) is 4.20. The highest BCUT2D eigenvalue weighted by Gasteiger charge is 2.23. The van der Waals surface area contributed by atoms with Crippen LogP contribution in [-0.4, -0.2) is 26.8 Å². The summed E-state index contributed by atoms with van der Waals surface area (Å²) in [6, 6.07) is 12.5. The molecule has 2 N–H and O–H groups in total. The summed E-state index contributed by atoms with van der Waals surface area (Å²) in [6.45, 7) is -0.607. The molecule has 2 rings (SSSR count). The number of amidine groups is 1. The minimum Gasteiger partial charge on any atom is -0.546 e. The summed E-state index contributed by atoms with van der Waals surface area (Å²) in [5, 5.41) is 10.6. The summed E-state index contributed by atoms with van der Waals surface area (Å²) >= 11 is 0. The van der Waals surface area contributed by atoms with Crippen LogP contribution in [-0.2, 0) is 14.8 Å². The van der Waals surface area contributed by atoms with Crippen LogP contribution in [0.5, 0.6) is 0 Å². The van der Waals surface area contributed by atoms with Crippen LogP contribution in [0.15, 0.2) is 59.5 Å². The predicted octanol–water partition coefficient (Wildman–Crippen LogP) is -1.62. The van der Waals surface area contributed by atoms with E-state index in [1.807, 2.05) is 0 Å². The van der Waals surface area contributed by atoms with Crippen molar-refractivity contribution in [1.29, 1.82) is 0 Å². The molecule has 0 aliphatic rings. The first-order chi connectivity index (χ1) is 10.9. The Bertz CT molecular complexity index is 818. The van der Waals surface area contributed by atoms with Crippen molar-refractivity contribution in [1.82, 2.24) is 4.72 Å². The zero-order valence-electron chi connectivity index (χ0n) is 11.8. The standard InChI is InChI=1S/C15H13FN2O4S/c16-12-8-6-11(7-9-12)15(17-10-14(19)20)18-23(21,22)13-4-2-1-3-5-13/h1-9H,10H2,(H,17,18)(H,19,20). The molecule has 0 aliphatic carbocycles. The Morgan fingerprint density at radius 2 is 1.70 bits per heavy atom. The van der Waals surface area contributed by atoms with Gasteiger partial charge in [0.25, 0.3) is 5.84 Å². The number of carbonyl (C=O) groups is 1. The van der Waals surface area contributed by atoms with Gasteiger partial charge in [-0.15, -0.1) is 0 Å². The Balaban J connectivity index is 2.37. The molecule has 0 saturated heterocycles. The van der Waals surface area contributed by atoms with Gasteiger partial charge in [-0.1, -0.05) is 18.2 Å². The average molecular weight is 336 g/mol. The Kier molecular flexibility index (Phi) is 5.07. The number of carboxylic acids is 1. The molecule has 0 aliphatic heterocycles. The number of aliphatic carboxylic acids is 1. The molecule has 0 atom stereocenters. The smallest absolute Gasteiger partial charge is 0.328 e. The number of benzene rings is 2. The zero-order chi connectivity index (χ0) is 16.9. The van der Waals surface area contributed by atoms with Crippen molar-refractivity contribution in [3.8, 4) is 0 Å². The fraction of sp³-hybridized carbons (Fsp3) is 0.0667. The minimum atomic E-state index is -3.92. The molecule has 0 unspecified atom stereocenters. The van der Waals surface area contributed by atoms with Gasteiger partial charge < -0.3 is 9.90 Å². The largest absolute Gasteiger partial charge is 0.546 e. The van der Waals surface area contributed by atoms with Gasteiger partial charge in [0.15, 0.2) is 0 Å². The van der Waals surface area contributed by atoms with Crippen molar-refractivity contribution in [2.75, 3.05) is 6.54 Å². The monoisotopic (exact) mass is 336 g/mol. The normalized spacial score (nSPS) is 12.0. The van der Waals surface area contributed by atoms with Crippen LogP contribution in [0.2, 0.25) is 0 Å². The third-order valence-electron chi connectivity index (χ3n) is 2.83. The molecule has 2 aromatic carbocycles. The van der Waals surface area contributed by atoms with Crippen molar-refractivity contribution < 1.29 is 27.7 Å². The number of hydrogen-bond acceptors (Lipinski definition) is 4. The van der Waals surface area contributed by atoms with E-state index in [0.29, 0.717) is 0 Å². The number of sulfonamides is 1. The van der Waals surface area contributed by atoms with E-state index in [1.165, 1.54) is 24.3 Å². The lowest BCUT2D eigenvalue weighted by Crippen LogP contribution is -2.79. The van der Waals surface area contributed by atoms with Crippen molar-refractivity contribution in [3.63, 3.8) is 0 Å².